The van der Waals surface area contributed by atoms with E-state index in [2.05, 4.69) is 0 Å². The Labute approximate surface area is 62.4 Å². The maximum absolute atomic E-state index is 0. The number of rotatable bonds is 0. The molecule has 0 aliphatic carbocycles. The molecule has 0 spiro atoms. The van der Waals surface area contributed by atoms with Crippen molar-refractivity contribution >= 4 is 62.7 Å². The zero-order valence-electron chi connectivity index (χ0n) is 3.71. The third kappa shape index (κ3) is 8.96. The molecule has 0 amide bonds. The van der Waals surface area contributed by atoms with E-state index >= 15 is 0 Å². The van der Waals surface area contributed by atoms with Gasteiger partial charge in [0, 0.05) is 0 Å². The zero-order chi connectivity index (χ0) is 0. The molecule has 0 aliphatic rings. The van der Waals surface area contributed by atoms with Crippen molar-refractivity contribution in [2.75, 3.05) is 0 Å². The minimum atomic E-state index is 0. The monoisotopic (exact) mass is 265 g/mol. The van der Waals surface area contributed by atoms with Crippen molar-refractivity contribution in [3.63, 3.8) is 0 Å². The van der Waals surface area contributed by atoms with Gasteiger partial charge in [-0.2, -0.15) is 9.90 Å². The Morgan fingerprint density at radius 2 is 0.500 bits per heavy atom. The van der Waals surface area contributed by atoms with Crippen molar-refractivity contribution in [3.05, 3.63) is 0 Å². The van der Waals surface area contributed by atoms with Gasteiger partial charge in [0.15, 0.2) is 0 Å². The first-order chi connectivity index (χ1) is 0. The van der Waals surface area contributed by atoms with Crippen LogP contribution in [-0.2, 0) is 0 Å². The molecule has 4 heteroatoms. The summed E-state index contributed by atoms with van der Waals surface area (Å²) < 4.78 is 0. The third-order valence-corrected chi connectivity index (χ3v) is 0. The minimum absolute atomic E-state index is 0. The van der Waals surface area contributed by atoms with Crippen LogP contribution in [0.25, 0.3) is 0 Å². The van der Waals surface area contributed by atoms with E-state index in [0.29, 0.717) is 0 Å². The van der Waals surface area contributed by atoms with Crippen LogP contribution >= 0.6 is 9.90 Å². The van der Waals surface area contributed by atoms with Crippen LogP contribution < -0.4 is 0 Å². The first-order valence-electron chi connectivity index (χ1n) is 0. The number of hydrogen-bond donors (Lipinski definition) is 0. The quantitative estimate of drug-likeness (QED) is 0.313. The molecule has 0 aromatic rings. The summed E-state index contributed by atoms with van der Waals surface area (Å²) in [6, 6.07) is 0. The van der Waals surface area contributed by atoms with Gasteiger partial charge < -0.3 is 0 Å². The van der Waals surface area contributed by atoms with Crippen LogP contribution in [0.1, 0.15) is 0 Å². The Hall–Kier alpha value is 2.06. The second kappa shape index (κ2) is 19.7. The van der Waals surface area contributed by atoms with Crippen molar-refractivity contribution in [3.8, 4) is 0 Å². The molecule has 0 heterocycles. The summed E-state index contributed by atoms with van der Waals surface area (Å²) in [4.78, 5) is 0. The molecule has 3 radical (unpaired) electrons. The third-order valence-electron chi connectivity index (χ3n) is 0. The summed E-state index contributed by atoms with van der Waals surface area (Å²) in [5.41, 5.74) is 0. The molecule has 0 aromatic carbocycles. The van der Waals surface area contributed by atoms with Crippen LogP contribution in [0.2, 0.25) is 0 Å². The molecule has 4 heavy (non-hydrogen) atoms. The van der Waals surface area contributed by atoms with Crippen LogP contribution in [0.15, 0.2) is 0 Å². The summed E-state index contributed by atoms with van der Waals surface area (Å²) in [7, 11) is 0. The average molecular weight is 261 g/mol. The molecule has 0 aliphatic heterocycles. The summed E-state index contributed by atoms with van der Waals surface area (Å²) in [5, 5.41) is 0. The second-order valence-electron chi connectivity index (χ2n) is 0. The fourth-order valence-corrected chi connectivity index (χ4v) is 0. The van der Waals surface area contributed by atoms with E-state index in [-0.39, 0.29) is 62.7 Å². The molecule has 1 atom stereocenters. The molecule has 0 saturated carbocycles. The molecule has 1 unspecified atom stereocenters. The summed E-state index contributed by atoms with van der Waals surface area (Å²) in [6.07, 6.45) is 0. The van der Waals surface area contributed by atoms with Gasteiger partial charge in [-0.3, -0.25) is 0 Å². The molecule has 0 N–H and O–H groups in total. The summed E-state index contributed by atoms with van der Waals surface area (Å²) in [6.45, 7) is 0. The van der Waals surface area contributed by atoms with Crippen LogP contribution in [0.4, 0.5) is 0 Å². The molecular formula is H12Ge3P. The molecule has 0 rings (SSSR count). The van der Waals surface area contributed by atoms with Crippen molar-refractivity contribution in [1.29, 1.82) is 0 Å². The average Bonchev–Trinajstić information content (AvgIpc) is 0. The molecular weight excluding hydrogens is 249 g/mol. The van der Waals surface area contributed by atoms with Crippen molar-refractivity contribution in [1.82, 2.24) is 0 Å². The molecule has 0 bridgehead atoms. The van der Waals surface area contributed by atoms with Crippen molar-refractivity contribution in [2.45, 2.75) is 0 Å². The fourth-order valence-electron chi connectivity index (χ4n) is 0. The van der Waals surface area contributed by atoms with Crippen LogP contribution in [0, 0.1) is 0 Å². The van der Waals surface area contributed by atoms with Crippen LogP contribution in [-0.4, -0.2) is 52.8 Å². The summed E-state index contributed by atoms with van der Waals surface area (Å²) >= 11 is 0. The molecule has 0 fully saturated rings. The normalized spacial score (nSPS) is 0. The predicted molar refractivity (Wildman–Crippen MR) is 40.9 cm³/mol. The van der Waals surface area contributed by atoms with Crippen LogP contribution in [0.5, 0.6) is 0 Å². The van der Waals surface area contributed by atoms with Gasteiger partial charge in [-0.15, -0.1) is 0 Å². The summed E-state index contributed by atoms with van der Waals surface area (Å²) in [5.74, 6) is 0. The van der Waals surface area contributed by atoms with E-state index in [1.807, 2.05) is 0 Å². The van der Waals surface area contributed by atoms with Gasteiger partial charge in [0.2, 0.25) is 0 Å². The SMILES string of the molecule is P.[GeH3].[GeH3].[GeH3]. The van der Waals surface area contributed by atoms with E-state index in [4.69, 9.17) is 0 Å². The topological polar surface area (TPSA) is 0 Å². The molecule has 0 aromatic heterocycles. The number of hydrogen-bond acceptors (Lipinski definition) is 0. The Bertz CT molecular complexity index is 3.25. The Morgan fingerprint density at radius 3 is 0.500 bits per heavy atom. The standard InChI is InChI=1S/3GeH3.H3P/h4*1H3. The molecule has 0 nitrogen and oxygen atoms in total. The van der Waals surface area contributed by atoms with E-state index < -0.39 is 0 Å². The Morgan fingerprint density at radius 1 is 0.500 bits per heavy atom. The molecule has 29 valence electrons. The maximum atomic E-state index is 0. The first-order valence-corrected chi connectivity index (χ1v) is 0. The van der Waals surface area contributed by atoms with Gasteiger partial charge in [-0.25, -0.2) is 0 Å². The fraction of sp³-hybridized carbons (Fsp3) is 0. The van der Waals surface area contributed by atoms with Crippen molar-refractivity contribution in [2.24, 2.45) is 0 Å². The van der Waals surface area contributed by atoms with E-state index in [0.717, 1.165) is 0 Å². The van der Waals surface area contributed by atoms with Gasteiger partial charge in [0.25, 0.3) is 0 Å². The van der Waals surface area contributed by atoms with E-state index in [9.17, 15) is 0 Å². The predicted octanol–water partition coefficient (Wildman–Crippen LogP) is -3.49. The molecule has 0 saturated heterocycles. The first kappa shape index (κ1) is 36.6. The zero-order valence-corrected chi connectivity index (χ0v) is 17.7. The van der Waals surface area contributed by atoms with Gasteiger partial charge >= 0.3 is 52.8 Å². The Kier molecular flexibility index (Phi) is 180. The van der Waals surface area contributed by atoms with Gasteiger partial charge in [-0.05, 0) is 0 Å². The van der Waals surface area contributed by atoms with Crippen molar-refractivity contribution < 1.29 is 0 Å². The van der Waals surface area contributed by atoms with Gasteiger partial charge in [0.1, 0.15) is 0 Å². The van der Waals surface area contributed by atoms with E-state index in [1.165, 1.54) is 0 Å². The van der Waals surface area contributed by atoms with Gasteiger partial charge in [-0.1, -0.05) is 0 Å². The van der Waals surface area contributed by atoms with E-state index in [1.54, 1.807) is 0 Å². The van der Waals surface area contributed by atoms with Crippen LogP contribution in [0.3, 0.4) is 0 Å². The Balaban J connectivity index is 0. The van der Waals surface area contributed by atoms with Gasteiger partial charge in [0.05, 0.1) is 0 Å². The second-order valence-corrected chi connectivity index (χ2v) is 0.